The fraction of sp³-hybridized carbons (Fsp3) is 0.320. The van der Waals surface area contributed by atoms with Gasteiger partial charge < -0.3 is 5.73 Å². The largest absolute Gasteiger partial charge is 0.366 e. The summed E-state index contributed by atoms with van der Waals surface area (Å²) in [6.45, 7) is 0. The molecule has 2 aliphatic carbocycles. The number of benzene rings is 1. The molecule has 5 heteroatoms. The molecule has 4 rings (SSSR count). The topological polar surface area (TPSA) is 82.2 Å². The van der Waals surface area contributed by atoms with Crippen molar-refractivity contribution in [2.75, 3.05) is 0 Å². The van der Waals surface area contributed by atoms with Crippen LogP contribution in [0.2, 0.25) is 0 Å². The van der Waals surface area contributed by atoms with Crippen molar-refractivity contribution < 1.29 is 9.59 Å². The van der Waals surface area contributed by atoms with Crippen molar-refractivity contribution >= 4 is 28.2 Å². The van der Waals surface area contributed by atoms with E-state index in [9.17, 15) is 14.4 Å². The first-order valence-corrected chi connectivity index (χ1v) is 10.6. The van der Waals surface area contributed by atoms with Gasteiger partial charge in [-0.05, 0) is 79.8 Å². The fourth-order valence-corrected chi connectivity index (χ4v) is 3.86. The number of aromatic nitrogens is 1. The number of allylic oxidation sites excluding steroid dienone is 6. The SMILES string of the molecule is NC(=O)c1ccc2ccn(C3=CC(CCCC(=O)C4CC4)=CCCC=C3)c(=O)c2c1. The second-order valence-electron chi connectivity index (χ2n) is 8.08. The number of primary amides is 1. The van der Waals surface area contributed by atoms with Crippen LogP contribution in [0.5, 0.6) is 0 Å². The summed E-state index contributed by atoms with van der Waals surface area (Å²) in [5, 5.41) is 1.23. The molecule has 0 atom stereocenters. The van der Waals surface area contributed by atoms with Crippen LogP contribution in [-0.4, -0.2) is 16.3 Å². The maximum absolute atomic E-state index is 13.2. The standard InChI is InChI=1S/C25H26N2O3/c26-24(29)20-12-9-18-13-14-27(25(30)22(18)16-20)21-7-3-1-2-5-17(15-21)6-4-8-23(28)19-10-11-19/h3,5,7,9,12-16,19H,1-2,4,6,8,10-11H2,(H2,26,29). The molecule has 1 saturated carbocycles. The van der Waals surface area contributed by atoms with Gasteiger partial charge in [-0.3, -0.25) is 19.0 Å². The van der Waals surface area contributed by atoms with Gasteiger partial charge in [0.1, 0.15) is 5.78 Å². The molecule has 0 aliphatic heterocycles. The lowest BCUT2D eigenvalue weighted by Crippen LogP contribution is -2.19. The first-order valence-electron chi connectivity index (χ1n) is 10.6. The number of nitrogens with zero attached hydrogens (tertiary/aromatic N) is 1. The van der Waals surface area contributed by atoms with E-state index in [1.165, 1.54) is 0 Å². The average molecular weight is 402 g/mol. The average Bonchev–Trinajstić information content (AvgIpc) is 3.55. The third-order valence-electron chi connectivity index (χ3n) is 5.75. The lowest BCUT2D eigenvalue weighted by molar-refractivity contribution is -0.120. The molecular formula is C25H26N2O3. The Morgan fingerprint density at radius 1 is 1.13 bits per heavy atom. The molecule has 1 amide bonds. The Labute approximate surface area is 175 Å². The predicted molar refractivity (Wildman–Crippen MR) is 119 cm³/mol. The molecule has 0 saturated heterocycles. The van der Waals surface area contributed by atoms with Crippen LogP contribution < -0.4 is 11.3 Å². The van der Waals surface area contributed by atoms with Crippen molar-refractivity contribution in [1.29, 1.82) is 0 Å². The number of carbonyl (C=O) groups excluding carboxylic acids is 2. The molecule has 1 aromatic carbocycles. The number of Topliss-reactive ketones (excluding diaryl/α,β-unsaturated/α-hetero) is 1. The summed E-state index contributed by atoms with van der Waals surface area (Å²) in [5.41, 5.74) is 7.45. The van der Waals surface area contributed by atoms with Gasteiger partial charge in [0.25, 0.3) is 5.56 Å². The van der Waals surface area contributed by atoms with E-state index in [0.717, 1.165) is 55.2 Å². The summed E-state index contributed by atoms with van der Waals surface area (Å²) >= 11 is 0. The normalized spacial score (nSPS) is 16.5. The summed E-state index contributed by atoms with van der Waals surface area (Å²) in [7, 11) is 0. The van der Waals surface area contributed by atoms with Crippen molar-refractivity contribution in [3.8, 4) is 0 Å². The van der Waals surface area contributed by atoms with Crippen LogP contribution in [0.1, 0.15) is 55.3 Å². The van der Waals surface area contributed by atoms with E-state index in [4.69, 9.17) is 5.73 Å². The number of hydrogen-bond donors (Lipinski definition) is 1. The zero-order valence-corrected chi connectivity index (χ0v) is 17.0. The highest BCUT2D eigenvalue weighted by Crippen LogP contribution is 2.31. The Balaban J connectivity index is 1.63. The van der Waals surface area contributed by atoms with Crippen molar-refractivity contribution in [3.05, 3.63) is 76.3 Å². The van der Waals surface area contributed by atoms with Crippen LogP contribution >= 0.6 is 0 Å². The van der Waals surface area contributed by atoms with Crippen molar-refractivity contribution in [3.63, 3.8) is 0 Å². The molecule has 2 aromatic rings. The van der Waals surface area contributed by atoms with Gasteiger partial charge >= 0.3 is 0 Å². The minimum absolute atomic E-state index is 0.185. The van der Waals surface area contributed by atoms with E-state index < -0.39 is 5.91 Å². The third-order valence-corrected chi connectivity index (χ3v) is 5.75. The molecule has 2 aliphatic rings. The van der Waals surface area contributed by atoms with Crippen LogP contribution in [0.4, 0.5) is 0 Å². The molecule has 1 heterocycles. The molecule has 5 nitrogen and oxygen atoms in total. The zero-order valence-electron chi connectivity index (χ0n) is 17.0. The number of hydrogen-bond acceptors (Lipinski definition) is 3. The summed E-state index contributed by atoms with van der Waals surface area (Å²) in [6, 6.07) is 6.80. The molecular weight excluding hydrogens is 376 g/mol. The Morgan fingerprint density at radius 2 is 1.97 bits per heavy atom. The van der Waals surface area contributed by atoms with Gasteiger partial charge in [0.2, 0.25) is 5.91 Å². The number of nitrogens with two attached hydrogens (primary N) is 1. The molecule has 0 radical (unpaired) electrons. The first kappa shape index (κ1) is 20.1. The van der Waals surface area contributed by atoms with Crippen LogP contribution in [0.3, 0.4) is 0 Å². The van der Waals surface area contributed by atoms with Crippen LogP contribution in [0.15, 0.2) is 65.1 Å². The highest BCUT2D eigenvalue weighted by Gasteiger charge is 2.28. The van der Waals surface area contributed by atoms with Gasteiger partial charge in [-0.2, -0.15) is 0 Å². The van der Waals surface area contributed by atoms with Gasteiger partial charge in [0, 0.05) is 35.2 Å². The molecule has 30 heavy (non-hydrogen) atoms. The van der Waals surface area contributed by atoms with E-state index in [-0.39, 0.29) is 5.56 Å². The number of carbonyl (C=O) groups is 2. The highest BCUT2D eigenvalue weighted by molar-refractivity contribution is 5.97. The van der Waals surface area contributed by atoms with E-state index in [1.807, 2.05) is 18.2 Å². The molecule has 0 spiro atoms. The Kier molecular flexibility index (Phi) is 5.79. The number of fused-ring (bicyclic) bond motifs is 1. The third kappa shape index (κ3) is 4.51. The van der Waals surface area contributed by atoms with E-state index in [1.54, 1.807) is 29.0 Å². The van der Waals surface area contributed by atoms with E-state index in [2.05, 4.69) is 12.2 Å². The van der Waals surface area contributed by atoms with Crippen molar-refractivity contribution in [1.82, 2.24) is 4.57 Å². The highest BCUT2D eigenvalue weighted by atomic mass is 16.1. The fourth-order valence-electron chi connectivity index (χ4n) is 3.86. The Hall–Kier alpha value is -3.21. The molecule has 2 N–H and O–H groups in total. The van der Waals surface area contributed by atoms with Gasteiger partial charge in [-0.15, -0.1) is 0 Å². The molecule has 154 valence electrons. The van der Waals surface area contributed by atoms with Crippen molar-refractivity contribution in [2.45, 2.75) is 44.9 Å². The quantitative estimate of drug-likeness (QED) is 0.747. The summed E-state index contributed by atoms with van der Waals surface area (Å²) in [4.78, 5) is 36.7. The van der Waals surface area contributed by atoms with Gasteiger partial charge in [0.15, 0.2) is 0 Å². The summed E-state index contributed by atoms with van der Waals surface area (Å²) < 4.78 is 1.61. The maximum atomic E-state index is 13.2. The minimum atomic E-state index is -0.553. The van der Waals surface area contributed by atoms with Crippen molar-refractivity contribution in [2.24, 2.45) is 11.7 Å². The zero-order chi connectivity index (χ0) is 21.1. The number of pyridine rings is 1. The van der Waals surface area contributed by atoms with Gasteiger partial charge in [0.05, 0.1) is 0 Å². The molecule has 1 fully saturated rings. The van der Waals surface area contributed by atoms with E-state index in [0.29, 0.717) is 29.1 Å². The minimum Gasteiger partial charge on any atom is -0.366 e. The summed E-state index contributed by atoms with van der Waals surface area (Å²) in [5.74, 6) is 0.149. The van der Waals surface area contributed by atoms with Crippen LogP contribution in [0.25, 0.3) is 16.5 Å². The van der Waals surface area contributed by atoms with Crippen LogP contribution in [-0.2, 0) is 4.79 Å². The number of rotatable bonds is 7. The number of amides is 1. The monoisotopic (exact) mass is 402 g/mol. The van der Waals surface area contributed by atoms with Crippen LogP contribution in [0, 0.1) is 5.92 Å². The second-order valence-corrected chi connectivity index (χ2v) is 8.08. The summed E-state index contributed by atoms with van der Waals surface area (Å²) in [6.07, 6.45) is 16.3. The van der Waals surface area contributed by atoms with E-state index >= 15 is 0 Å². The lowest BCUT2D eigenvalue weighted by atomic mass is 10.0. The molecule has 1 aromatic heterocycles. The Morgan fingerprint density at radius 3 is 2.73 bits per heavy atom. The Bertz CT molecular complexity index is 1150. The maximum Gasteiger partial charge on any atom is 0.262 e. The lowest BCUT2D eigenvalue weighted by Gasteiger charge is -2.12. The van der Waals surface area contributed by atoms with Gasteiger partial charge in [-0.25, -0.2) is 0 Å². The smallest absolute Gasteiger partial charge is 0.262 e. The van der Waals surface area contributed by atoms with Gasteiger partial charge in [-0.1, -0.05) is 18.2 Å². The molecule has 0 bridgehead atoms. The second kappa shape index (κ2) is 8.66. The number of ketones is 1. The first-order chi connectivity index (χ1) is 14.5. The predicted octanol–water partition coefficient (Wildman–Crippen LogP) is 4.37. The molecule has 0 unspecified atom stereocenters.